The monoisotopic (exact) mass is 355 g/mol. The first-order valence-electron chi connectivity index (χ1n) is 5.90. The Kier molecular flexibility index (Phi) is 4.74. The summed E-state index contributed by atoms with van der Waals surface area (Å²) in [4.78, 5) is 10.4. The van der Waals surface area contributed by atoms with Gasteiger partial charge in [0.2, 0.25) is 5.75 Å². The average molecular weight is 356 g/mol. The maximum Gasteiger partial charge on any atom is 0.311 e. The minimum absolute atomic E-state index is 0.00433. The van der Waals surface area contributed by atoms with Gasteiger partial charge < -0.3 is 9.47 Å². The lowest BCUT2D eigenvalue weighted by Crippen LogP contribution is -2.00. The lowest BCUT2D eigenvalue weighted by atomic mass is 10.2. The first-order valence-corrected chi connectivity index (χ1v) is 6.69. The number of hydrogen-bond acceptors (Lipinski definition) is 4. The second-order valence-corrected chi connectivity index (χ2v) is 5.07. The number of ether oxygens (including phenoxy) is 2. The number of nitro groups is 1. The smallest absolute Gasteiger partial charge is 0.311 e. The van der Waals surface area contributed by atoms with Crippen LogP contribution in [0.4, 0.5) is 10.1 Å². The molecule has 2 rings (SSSR count). The van der Waals surface area contributed by atoms with E-state index in [0.717, 1.165) is 0 Å². The number of hydrogen-bond donors (Lipinski definition) is 0. The number of nitrogens with zero attached hydrogens (tertiary/aromatic N) is 1. The molecule has 0 spiro atoms. The Labute approximate surface area is 128 Å². The Balaban J connectivity index is 2.23. The summed E-state index contributed by atoms with van der Waals surface area (Å²) in [6.07, 6.45) is 0. The Morgan fingerprint density at radius 3 is 2.67 bits per heavy atom. The van der Waals surface area contributed by atoms with Crippen molar-refractivity contribution >= 4 is 21.6 Å². The van der Waals surface area contributed by atoms with Crippen LogP contribution < -0.4 is 9.47 Å². The molecule has 0 aliphatic carbocycles. The van der Waals surface area contributed by atoms with Crippen molar-refractivity contribution in [1.82, 2.24) is 0 Å². The van der Waals surface area contributed by atoms with Crippen LogP contribution in [0.5, 0.6) is 11.5 Å². The van der Waals surface area contributed by atoms with Crippen LogP contribution in [0.15, 0.2) is 40.9 Å². The molecular weight excluding hydrogens is 345 g/mol. The zero-order valence-corrected chi connectivity index (χ0v) is 12.6. The lowest BCUT2D eigenvalue weighted by molar-refractivity contribution is -0.386. The quantitative estimate of drug-likeness (QED) is 0.598. The molecule has 2 aromatic carbocycles. The van der Waals surface area contributed by atoms with E-state index in [1.807, 2.05) is 0 Å². The molecule has 0 fully saturated rings. The second-order valence-electron chi connectivity index (χ2n) is 4.16. The Morgan fingerprint density at radius 1 is 1.29 bits per heavy atom. The van der Waals surface area contributed by atoms with Crippen molar-refractivity contribution in [2.75, 3.05) is 7.11 Å². The van der Waals surface area contributed by atoms with Crippen molar-refractivity contribution in [3.8, 4) is 11.5 Å². The molecule has 0 saturated carbocycles. The van der Waals surface area contributed by atoms with Crippen LogP contribution in [0.25, 0.3) is 0 Å². The summed E-state index contributed by atoms with van der Waals surface area (Å²) in [5.41, 5.74) is 0.380. The fourth-order valence-corrected chi connectivity index (χ4v) is 2.26. The first-order chi connectivity index (χ1) is 9.99. The third kappa shape index (κ3) is 3.91. The summed E-state index contributed by atoms with van der Waals surface area (Å²) in [7, 11) is 1.45. The number of benzene rings is 2. The highest BCUT2D eigenvalue weighted by Gasteiger charge is 2.16. The summed E-state index contributed by atoms with van der Waals surface area (Å²) in [5, 5.41) is 11.0. The SMILES string of the molecule is COc1ccc([N+](=O)[O-])c(OCc2cc(F)cc(Br)c2)c1. The van der Waals surface area contributed by atoms with Gasteiger partial charge in [0, 0.05) is 16.6 Å². The molecule has 0 aliphatic heterocycles. The minimum Gasteiger partial charge on any atom is -0.497 e. The van der Waals surface area contributed by atoms with E-state index in [1.54, 1.807) is 6.07 Å². The maximum atomic E-state index is 13.3. The lowest BCUT2D eigenvalue weighted by Gasteiger charge is -2.09. The molecule has 0 heterocycles. The van der Waals surface area contributed by atoms with Crippen molar-refractivity contribution in [3.05, 3.63) is 62.4 Å². The van der Waals surface area contributed by atoms with E-state index in [0.29, 0.717) is 15.8 Å². The molecule has 0 radical (unpaired) electrons. The summed E-state index contributed by atoms with van der Waals surface area (Å²) in [6, 6.07) is 8.50. The van der Waals surface area contributed by atoms with Gasteiger partial charge in [-0.25, -0.2) is 4.39 Å². The molecule has 110 valence electrons. The molecule has 21 heavy (non-hydrogen) atoms. The first kappa shape index (κ1) is 15.2. The second kappa shape index (κ2) is 6.53. The van der Waals surface area contributed by atoms with Gasteiger partial charge in [-0.15, -0.1) is 0 Å². The van der Waals surface area contributed by atoms with Gasteiger partial charge >= 0.3 is 5.69 Å². The van der Waals surface area contributed by atoms with Crippen LogP contribution in [-0.2, 0) is 6.61 Å². The van der Waals surface area contributed by atoms with Crippen molar-refractivity contribution < 1.29 is 18.8 Å². The summed E-state index contributed by atoms with van der Waals surface area (Å²) >= 11 is 3.18. The van der Waals surface area contributed by atoms with Gasteiger partial charge in [0.15, 0.2) is 0 Å². The van der Waals surface area contributed by atoms with Gasteiger partial charge in [-0.3, -0.25) is 10.1 Å². The van der Waals surface area contributed by atoms with Gasteiger partial charge in [0.1, 0.15) is 18.2 Å². The van der Waals surface area contributed by atoms with Gasteiger partial charge in [-0.2, -0.15) is 0 Å². The zero-order chi connectivity index (χ0) is 15.4. The molecule has 0 atom stereocenters. The van der Waals surface area contributed by atoms with Crippen LogP contribution in [-0.4, -0.2) is 12.0 Å². The summed E-state index contributed by atoms with van der Waals surface area (Å²) < 4.78 is 24.3. The Bertz CT molecular complexity index is 658. The number of halogens is 2. The molecule has 0 aromatic heterocycles. The van der Waals surface area contributed by atoms with Crippen LogP contribution >= 0.6 is 15.9 Å². The van der Waals surface area contributed by atoms with Gasteiger partial charge in [-0.05, 0) is 29.8 Å². The molecule has 0 N–H and O–H groups in total. The maximum absolute atomic E-state index is 13.3. The van der Waals surface area contributed by atoms with Crippen molar-refractivity contribution in [1.29, 1.82) is 0 Å². The van der Waals surface area contributed by atoms with Gasteiger partial charge in [-0.1, -0.05) is 15.9 Å². The Hall–Kier alpha value is -2.15. The van der Waals surface area contributed by atoms with Crippen molar-refractivity contribution in [3.63, 3.8) is 0 Å². The van der Waals surface area contributed by atoms with Crippen LogP contribution in [0.3, 0.4) is 0 Å². The normalized spacial score (nSPS) is 10.2. The van der Waals surface area contributed by atoms with Crippen molar-refractivity contribution in [2.45, 2.75) is 6.61 Å². The van der Waals surface area contributed by atoms with E-state index in [2.05, 4.69) is 15.9 Å². The molecule has 7 heteroatoms. The van der Waals surface area contributed by atoms with Crippen molar-refractivity contribution in [2.24, 2.45) is 0 Å². The molecular formula is C14H11BrFNO4. The molecule has 0 saturated heterocycles. The molecule has 2 aromatic rings. The molecule has 0 unspecified atom stereocenters. The number of rotatable bonds is 5. The van der Waals surface area contributed by atoms with E-state index in [-0.39, 0.29) is 18.0 Å². The zero-order valence-electron chi connectivity index (χ0n) is 11.0. The standard InChI is InChI=1S/C14H11BrFNO4/c1-20-12-2-3-13(17(18)19)14(7-12)21-8-9-4-10(15)6-11(16)5-9/h2-7H,8H2,1H3. The number of methoxy groups -OCH3 is 1. The summed E-state index contributed by atoms with van der Waals surface area (Å²) in [5.74, 6) is 0.0962. The highest BCUT2D eigenvalue weighted by Crippen LogP contribution is 2.31. The van der Waals surface area contributed by atoms with Crippen LogP contribution in [0, 0.1) is 15.9 Å². The Morgan fingerprint density at radius 2 is 2.05 bits per heavy atom. The largest absolute Gasteiger partial charge is 0.497 e. The third-order valence-corrected chi connectivity index (χ3v) is 3.14. The molecule has 5 nitrogen and oxygen atoms in total. The van der Waals surface area contributed by atoms with E-state index < -0.39 is 10.7 Å². The topological polar surface area (TPSA) is 61.6 Å². The fraction of sp³-hybridized carbons (Fsp3) is 0.143. The van der Waals surface area contributed by atoms with Gasteiger partial charge in [0.25, 0.3) is 0 Å². The van der Waals surface area contributed by atoms with Crippen LogP contribution in [0.1, 0.15) is 5.56 Å². The van der Waals surface area contributed by atoms with Gasteiger partial charge in [0.05, 0.1) is 12.0 Å². The summed E-state index contributed by atoms with van der Waals surface area (Å²) in [6.45, 7) is 0.00433. The average Bonchev–Trinajstić information content (AvgIpc) is 2.43. The van der Waals surface area contributed by atoms with E-state index in [4.69, 9.17) is 9.47 Å². The van der Waals surface area contributed by atoms with E-state index in [9.17, 15) is 14.5 Å². The molecule has 0 bridgehead atoms. The minimum atomic E-state index is -0.545. The fourth-order valence-electron chi connectivity index (χ4n) is 1.74. The van der Waals surface area contributed by atoms with E-state index >= 15 is 0 Å². The highest BCUT2D eigenvalue weighted by atomic mass is 79.9. The molecule has 0 amide bonds. The van der Waals surface area contributed by atoms with E-state index in [1.165, 1.54) is 37.4 Å². The predicted molar refractivity (Wildman–Crippen MR) is 78.1 cm³/mol. The van der Waals surface area contributed by atoms with Crippen LogP contribution in [0.2, 0.25) is 0 Å². The molecule has 0 aliphatic rings. The predicted octanol–water partition coefficient (Wildman–Crippen LogP) is 4.08. The third-order valence-electron chi connectivity index (χ3n) is 2.68. The number of nitro benzene ring substituents is 1. The highest BCUT2D eigenvalue weighted by molar-refractivity contribution is 9.10.